The third-order valence-corrected chi connectivity index (χ3v) is 3.58. The largest absolute Gasteiger partial charge is 0.494 e. The van der Waals surface area contributed by atoms with E-state index in [4.69, 9.17) is 4.74 Å². The van der Waals surface area contributed by atoms with Crippen LogP contribution in [0.25, 0.3) is 0 Å². The fourth-order valence-corrected chi connectivity index (χ4v) is 2.16. The molecule has 0 saturated carbocycles. The van der Waals surface area contributed by atoms with Gasteiger partial charge in [-0.2, -0.15) is 0 Å². The number of hydrogen-bond donors (Lipinski definition) is 3. The smallest absolute Gasteiger partial charge is 0.322 e. The quantitative estimate of drug-likeness (QED) is 0.729. The predicted molar refractivity (Wildman–Crippen MR) is 94.1 cm³/mol. The molecule has 0 spiro atoms. The van der Waals surface area contributed by atoms with E-state index in [-0.39, 0.29) is 17.5 Å². The van der Waals surface area contributed by atoms with E-state index in [1.54, 1.807) is 0 Å². The fraction of sp³-hybridized carbons (Fsp3) is 0.556. The molecule has 3 N–H and O–H groups in total. The highest BCUT2D eigenvalue weighted by Gasteiger charge is 2.25. The van der Waals surface area contributed by atoms with Crippen molar-refractivity contribution in [1.29, 1.82) is 0 Å². The second-order valence-corrected chi connectivity index (χ2v) is 7.02. The molecule has 24 heavy (non-hydrogen) atoms. The van der Waals surface area contributed by atoms with E-state index in [1.165, 1.54) is 0 Å². The minimum atomic E-state index is -0.465. The maximum atomic E-state index is 12.2. The topological polar surface area (TPSA) is 71.9 Å². The van der Waals surface area contributed by atoms with Gasteiger partial charge in [-0.1, -0.05) is 0 Å². The van der Waals surface area contributed by atoms with Gasteiger partial charge in [0.2, 0.25) is 0 Å². The van der Waals surface area contributed by atoms with E-state index in [0.717, 1.165) is 16.2 Å². The first-order valence-electron chi connectivity index (χ1n) is 8.29. The number of hydrogen-bond acceptors (Lipinski definition) is 3. The van der Waals surface area contributed by atoms with Crippen LogP contribution in [0.2, 0.25) is 0 Å². The van der Waals surface area contributed by atoms with Crippen molar-refractivity contribution < 1.29 is 19.2 Å². The molecule has 1 rings (SSSR count). The maximum absolute atomic E-state index is 12.2. The summed E-state index contributed by atoms with van der Waals surface area (Å²) in [5, 5.41) is 5.12. The molecule has 1 aromatic carbocycles. The van der Waals surface area contributed by atoms with Gasteiger partial charge in [0.05, 0.1) is 13.7 Å². The van der Waals surface area contributed by atoms with Gasteiger partial charge in [0.25, 0.3) is 5.91 Å². The summed E-state index contributed by atoms with van der Waals surface area (Å²) in [6, 6.07) is 7.02. The first-order valence-corrected chi connectivity index (χ1v) is 8.29. The highest BCUT2D eigenvalue weighted by Crippen LogP contribution is 2.11. The molecule has 0 radical (unpaired) electrons. The van der Waals surface area contributed by atoms with Crippen LogP contribution in [-0.4, -0.2) is 37.2 Å². The Morgan fingerprint density at radius 2 is 1.79 bits per heavy atom. The summed E-state index contributed by atoms with van der Waals surface area (Å²) in [5.41, 5.74) is 0.726. The van der Waals surface area contributed by atoms with Gasteiger partial charge in [-0.15, -0.1) is 0 Å². The van der Waals surface area contributed by atoms with Crippen molar-refractivity contribution in [3.05, 3.63) is 29.8 Å². The normalized spacial score (nSPS) is 13.8. The van der Waals surface area contributed by atoms with E-state index in [9.17, 15) is 9.59 Å². The van der Waals surface area contributed by atoms with Gasteiger partial charge in [-0.25, -0.2) is 4.79 Å². The van der Waals surface area contributed by atoms with Crippen molar-refractivity contribution >= 4 is 11.9 Å². The number of benzene rings is 1. The lowest BCUT2D eigenvalue weighted by Crippen LogP contribution is -3.12. The lowest BCUT2D eigenvalue weighted by molar-refractivity contribution is -0.908. The molecule has 0 aromatic heterocycles. The van der Waals surface area contributed by atoms with Gasteiger partial charge in [0.15, 0.2) is 6.04 Å². The van der Waals surface area contributed by atoms with Crippen molar-refractivity contribution in [1.82, 2.24) is 10.6 Å². The standard InChI is InChI=1S/C18H29N3O3/c1-7-24-15-10-8-14(9-11-15)12-21(6)13(2)16(22)19-17(23)20-18(3,4)5/h8-11,13H,7,12H2,1-6H3,(H2,19,20,22,23)/p+1/t13-/m0/s1. The van der Waals surface area contributed by atoms with Crippen molar-refractivity contribution in [2.45, 2.75) is 52.7 Å². The molecule has 0 aliphatic heterocycles. The van der Waals surface area contributed by atoms with Gasteiger partial charge in [-0.05, 0) is 58.9 Å². The van der Waals surface area contributed by atoms with Gasteiger partial charge in [0, 0.05) is 11.1 Å². The van der Waals surface area contributed by atoms with Crippen LogP contribution < -0.4 is 20.3 Å². The van der Waals surface area contributed by atoms with Crippen molar-refractivity contribution in [3.8, 4) is 5.75 Å². The maximum Gasteiger partial charge on any atom is 0.322 e. The van der Waals surface area contributed by atoms with Crippen LogP contribution in [0.5, 0.6) is 5.75 Å². The second kappa shape index (κ2) is 8.68. The molecule has 0 fully saturated rings. The number of urea groups is 1. The van der Waals surface area contributed by atoms with Gasteiger partial charge >= 0.3 is 6.03 Å². The number of amides is 3. The Balaban J connectivity index is 2.55. The van der Waals surface area contributed by atoms with E-state index < -0.39 is 6.03 Å². The molecule has 0 saturated heterocycles. The number of quaternary nitrogens is 1. The summed E-state index contributed by atoms with van der Waals surface area (Å²) in [7, 11) is 1.93. The van der Waals surface area contributed by atoms with Crippen LogP contribution >= 0.6 is 0 Å². The highest BCUT2D eigenvalue weighted by atomic mass is 16.5. The minimum absolute atomic E-state index is 0.291. The zero-order valence-electron chi connectivity index (χ0n) is 15.5. The average Bonchev–Trinajstić information content (AvgIpc) is 2.46. The number of carbonyl (C=O) groups excluding carboxylic acids is 2. The third-order valence-electron chi connectivity index (χ3n) is 3.58. The number of likely N-dealkylation sites (N-methyl/N-ethyl adjacent to an activating group) is 1. The van der Waals surface area contributed by atoms with Crippen molar-refractivity contribution in [2.24, 2.45) is 0 Å². The van der Waals surface area contributed by atoms with E-state index in [1.807, 2.05) is 65.9 Å². The van der Waals surface area contributed by atoms with Gasteiger partial charge < -0.3 is 15.0 Å². The number of rotatable bonds is 6. The van der Waals surface area contributed by atoms with Crippen LogP contribution in [0.15, 0.2) is 24.3 Å². The Morgan fingerprint density at radius 3 is 2.29 bits per heavy atom. The Labute approximate surface area is 144 Å². The zero-order chi connectivity index (χ0) is 18.3. The fourth-order valence-electron chi connectivity index (χ4n) is 2.16. The Morgan fingerprint density at radius 1 is 1.21 bits per heavy atom. The second-order valence-electron chi connectivity index (χ2n) is 7.02. The molecule has 1 unspecified atom stereocenters. The molecule has 1 aromatic rings. The first kappa shape index (κ1) is 20.0. The zero-order valence-corrected chi connectivity index (χ0v) is 15.5. The summed E-state index contributed by atoms with van der Waals surface area (Å²) >= 11 is 0. The van der Waals surface area contributed by atoms with Crippen LogP contribution in [0, 0.1) is 0 Å². The minimum Gasteiger partial charge on any atom is -0.494 e. The van der Waals surface area contributed by atoms with Crippen LogP contribution in [0.1, 0.15) is 40.2 Å². The molecule has 6 heteroatoms. The number of ether oxygens (including phenoxy) is 1. The summed E-state index contributed by atoms with van der Waals surface area (Å²) in [6.07, 6.45) is 0. The number of carbonyl (C=O) groups is 2. The number of nitrogens with one attached hydrogen (secondary N) is 3. The summed E-state index contributed by atoms with van der Waals surface area (Å²) in [5.74, 6) is 0.545. The molecular weight excluding hydrogens is 306 g/mol. The molecule has 2 atom stereocenters. The summed E-state index contributed by atoms with van der Waals surface area (Å²) in [4.78, 5) is 25.0. The van der Waals surface area contributed by atoms with Gasteiger partial charge in [-0.3, -0.25) is 10.1 Å². The molecule has 0 bridgehead atoms. The van der Waals surface area contributed by atoms with E-state index in [0.29, 0.717) is 13.2 Å². The van der Waals surface area contributed by atoms with Gasteiger partial charge in [0.1, 0.15) is 12.3 Å². The molecule has 3 amide bonds. The Kier molecular flexibility index (Phi) is 7.22. The predicted octanol–water partition coefficient (Wildman–Crippen LogP) is 1.11. The molecule has 0 heterocycles. The summed E-state index contributed by atoms with van der Waals surface area (Å²) in [6.45, 7) is 10.7. The van der Waals surface area contributed by atoms with Crippen molar-refractivity contribution in [2.75, 3.05) is 13.7 Å². The monoisotopic (exact) mass is 336 g/mol. The van der Waals surface area contributed by atoms with Crippen LogP contribution in [0.4, 0.5) is 4.79 Å². The van der Waals surface area contributed by atoms with E-state index >= 15 is 0 Å². The van der Waals surface area contributed by atoms with Crippen LogP contribution in [-0.2, 0) is 11.3 Å². The van der Waals surface area contributed by atoms with Crippen LogP contribution in [0.3, 0.4) is 0 Å². The Hall–Kier alpha value is -2.08. The number of imide groups is 1. The molecule has 0 aliphatic carbocycles. The Bertz CT molecular complexity index is 550. The molecule has 6 nitrogen and oxygen atoms in total. The molecular formula is C18H30N3O3+. The van der Waals surface area contributed by atoms with E-state index in [2.05, 4.69) is 10.6 Å². The average molecular weight is 336 g/mol. The molecule has 134 valence electrons. The first-order chi connectivity index (χ1) is 11.1. The SMILES string of the molecule is CCOc1ccc(C[NH+](C)[C@@H](C)C(=O)NC(=O)NC(C)(C)C)cc1. The lowest BCUT2D eigenvalue weighted by Gasteiger charge is -2.23. The summed E-state index contributed by atoms with van der Waals surface area (Å²) < 4.78 is 5.42. The third kappa shape index (κ3) is 7.00. The molecule has 0 aliphatic rings. The van der Waals surface area contributed by atoms with Crippen molar-refractivity contribution in [3.63, 3.8) is 0 Å². The highest BCUT2D eigenvalue weighted by molar-refractivity contribution is 5.96. The lowest BCUT2D eigenvalue weighted by atomic mass is 10.1.